The van der Waals surface area contributed by atoms with Gasteiger partial charge in [-0.3, -0.25) is 0 Å². The van der Waals surface area contributed by atoms with Crippen LogP contribution in [0.3, 0.4) is 0 Å². The lowest BCUT2D eigenvalue weighted by Gasteiger charge is -2.20. The maximum atomic E-state index is 9.35. The summed E-state index contributed by atoms with van der Waals surface area (Å²) in [6, 6.07) is 0. The number of hydrogen-bond donors (Lipinski definition) is 5. The molecular weight excluding hydrogens is 264 g/mol. The highest BCUT2D eigenvalue weighted by molar-refractivity contribution is 4.65. The molecular formula is C14H32O6. The molecule has 6 nitrogen and oxygen atoms in total. The number of rotatable bonds is 11. The van der Waals surface area contributed by atoms with Crippen molar-refractivity contribution in [3.8, 4) is 0 Å². The van der Waals surface area contributed by atoms with Crippen molar-refractivity contribution in [3.05, 3.63) is 0 Å². The summed E-state index contributed by atoms with van der Waals surface area (Å²) in [5, 5.41) is 42.1. The van der Waals surface area contributed by atoms with Crippen LogP contribution in [-0.2, 0) is 4.74 Å². The topological polar surface area (TPSA) is 110 Å². The Bertz CT molecular complexity index is 175. The van der Waals surface area contributed by atoms with Gasteiger partial charge in [0.2, 0.25) is 0 Å². The normalized spacial score (nSPS) is 13.8. The molecule has 0 heterocycles. The smallest absolute Gasteiger partial charge is 0.103 e. The Kier molecular flexibility index (Phi) is 18.5. The van der Waals surface area contributed by atoms with Crippen molar-refractivity contribution in [1.29, 1.82) is 0 Å². The molecule has 0 saturated carbocycles. The van der Waals surface area contributed by atoms with E-state index < -0.39 is 12.2 Å². The summed E-state index contributed by atoms with van der Waals surface area (Å²) in [6.07, 6.45) is 3.54. The first-order valence-electron chi connectivity index (χ1n) is 7.37. The number of ether oxygens (including phenoxy) is 1. The van der Waals surface area contributed by atoms with Crippen molar-refractivity contribution in [2.24, 2.45) is 0 Å². The Labute approximate surface area is 122 Å². The van der Waals surface area contributed by atoms with Gasteiger partial charge in [-0.15, -0.1) is 0 Å². The van der Waals surface area contributed by atoms with E-state index in [0.717, 1.165) is 12.8 Å². The van der Waals surface area contributed by atoms with Gasteiger partial charge in [-0.05, 0) is 12.8 Å². The zero-order valence-electron chi connectivity index (χ0n) is 12.7. The van der Waals surface area contributed by atoms with Gasteiger partial charge < -0.3 is 30.3 Å². The predicted octanol–water partition coefficient (Wildman–Crippen LogP) is 0.0470. The molecule has 20 heavy (non-hydrogen) atoms. The second kappa shape index (κ2) is 16.8. The van der Waals surface area contributed by atoms with Crippen LogP contribution in [0.1, 0.15) is 46.0 Å². The summed E-state index contributed by atoms with van der Waals surface area (Å²) in [5.41, 5.74) is 0. The molecule has 0 rings (SSSR count). The van der Waals surface area contributed by atoms with Crippen LogP contribution in [0.25, 0.3) is 0 Å². The minimum atomic E-state index is -0.954. The lowest BCUT2D eigenvalue weighted by Crippen LogP contribution is -2.31. The van der Waals surface area contributed by atoms with Gasteiger partial charge in [-0.2, -0.15) is 0 Å². The molecule has 0 fully saturated rings. The highest BCUT2D eigenvalue weighted by Gasteiger charge is 2.16. The van der Waals surface area contributed by atoms with Crippen molar-refractivity contribution < 1.29 is 30.3 Å². The molecule has 0 aliphatic rings. The summed E-state index contributed by atoms with van der Waals surface area (Å²) in [4.78, 5) is 0. The van der Waals surface area contributed by atoms with Gasteiger partial charge in [-0.25, -0.2) is 0 Å². The Morgan fingerprint density at radius 2 is 1.45 bits per heavy atom. The van der Waals surface area contributed by atoms with Gasteiger partial charge >= 0.3 is 0 Å². The number of aliphatic hydroxyl groups is 5. The fourth-order valence-corrected chi connectivity index (χ4v) is 1.44. The van der Waals surface area contributed by atoms with Crippen LogP contribution in [0.15, 0.2) is 0 Å². The zero-order valence-corrected chi connectivity index (χ0v) is 12.7. The molecule has 0 saturated heterocycles. The Balaban J connectivity index is 0. The Hall–Kier alpha value is -0.240. The van der Waals surface area contributed by atoms with Crippen molar-refractivity contribution in [2.45, 2.75) is 64.3 Å². The largest absolute Gasteiger partial charge is 0.394 e. The van der Waals surface area contributed by atoms with Gasteiger partial charge in [-0.1, -0.05) is 33.1 Å². The van der Waals surface area contributed by atoms with Crippen LogP contribution >= 0.6 is 0 Å². The summed E-state index contributed by atoms with van der Waals surface area (Å²) in [5.74, 6) is 0. The standard InChI is InChI=1S/C11H24O3.C3H8O3/c1-3-5-6-7-8-14-11(4-2)10(13)9-12;4-1-3(6)2-5/h10-13H,3-9H2,1-2H3;3-6H,1-2H2. The lowest BCUT2D eigenvalue weighted by molar-refractivity contribution is -0.0598. The van der Waals surface area contributed by atoms with E-state index in [2.05, 4.69) is 6.92 Å². The molecule has 2 unspecified atom stereocenters. The molecule has 0 bridgehead atoms. The van der Waals surface area contributed by atoms with Gasteiger partial charge in [0.25, 0.3) is 0 Å². The Morgan fingerprint density at radius 3 is 1.80 bits per heavy atom. The first kappa shape index (κ1) is 22.0. The van der Waals surface area contributed by atoms with E-state index in [0.29, 0.717) is 6.61 Å². The third-order valence-electron chi connectivity index (χ3n) is 2.77. The fourth-order valence-electron chi connectivity index (χ4n) is 1.44. The maximum Gasteiger partial charge on any atom is 0.103 e. The van der Waals surface area contributed by atoms with E-state index in [-0.39, 0.29) is 25.9 Å². The van der Waals surface area contributed by atoms with Crippen molar-refractivity contribution >= 4 is 0 Å². The molecule has 0 aromatic rings. The fraction of sp³-hybridized carbons (Fsp3) is 1.00. The van der Waals surface area contributed by atoms with Gasteiger partial charge in [0.05, 0.1) is 25.9 Å². The summed E-state index contributed by atoms with van der Waals surface area (Å²) in [7, 11) is 0. The van der Waals surface area contributed by atoms with Crippen LogP contribution in [0.4, 0.5) is 0 Å². The summed E-state index contributed by atoms with van der Waals surface area (Å²) < 4.78 is 5.48. The van der Waals surface area contributed by atoms with E-state index in [9.17, 15) is 5.11 Å². The SMILES string of the molecule is CCCCCCOC(CC)C(O)CO.OCC(O)CO. The molecule has 124 valence electrons. The molecule has 0 spiro atoms. The molecule has 0 aliphatic carbocycles. The van der Waals surface area contributed by atoms with Gasteiger partial charge in [0.1, 0.15) is 12.2 Å². The van der Waals surface area contributed by atoms with E-state index >= 15 is 0 Å². The molecule has 0 aromatic heterocycles. The molecule has 2 atom stereocenters. The summed E-state index contributed by atoms with van der Waals surface area (Å²) >= 11 is 0. The Morgan fingerprint density at radius 1 is 0.850 bits per heavy atom. The number of unbranched alkanes of at least 4 members (excludes halogenated alkanes) is 3. The first-order valence-corrected chi connectivity index (χ1v) is 7.37. The predicted molar refractivity (Wildman–Crippen MR) is 77.4 cm³/mol. The first-order chi connectivity index (χ1) is 9.56. The minimum absolute atomic E-state index is 0.207. The van der Waals surface area contributed by atoms with Crippen molar-refractivity contribution in [3.63, 3.8) is 0 Å². The molecule has 0 amide bonds. The monoisotopic (exact) mass is 296 g/mol. The second-order valence-corrected chi connectivity index (χ2v) is 4.65. The zero-order chi connectivity index (χ0) is 15.8. The third-order valence-corrected chi connectivity index (χ3v) is 2.77. The maximum absolute atomic E-state index is 9.35. The van der Waals surface area contributed by atoms with Crippen LogP contribution in [0, 0.1) is 0 Å². The average Bonchev–Trinajstić information content (AvgIpc) is 2.50. The van der Waals surface area contributed by atoms with Gasteiger partial charge in [0, 0.05) is 6.61 Å². The second-order valence-electron chi connectivity index (χ2n) is 4.65. The van der Waals surface area contributed by atoms with E-state index in [1.54, 1.807) is 0 Å². The average molecular weight is 296 g/mol. The lowest BCUT2D eigenvalue weighted by atomic mass is 10.1. The summed E-state index contributed by atoms with van der Waals surface area (Å²) in [6.45, 7) is 3.87. The van der Waals surface area contributed by atoms with Crippen LogP contribution in [0.5, 0.6) is 0 Å². The third kappa shape index (κ3) is 14.2. The van der Waals surface area contributed by atoms with E-state index in [4.69, 9.17) is 25.2 Å². The highest BCUT2D eigenvalue weighted by atomic mass is 16.5. The van der Waals surface area contributed by atoms with E-state index in [1.807, 2.05) is 6.92 Å². The van der Waals surface area contributed by atoms with Crippen LogP contribution in [0.2, 0.25) is 0 Å². The molecule has 0 aromatic carbocycles. The number of hydrogen-bond acceptors (Lipinski definition) is 6. The van der Waals surface area contributed by atoms with Crippen molar-refractivity contribution in [2.75, 3.05) is 26.4 Å². The minimum Gasteiger partial charge on any atom is -0.394 e. The molecule has 0 radical (unpaired) electrons. The quantitative estimate of drug-likeness (QED) is 0.345. The van der Waals surface area contributed by atoms with Crippen LogP contribution < -0.4 is 0 Å². The van der Waals surface area contributed by atoms with Crippen molar-refractivity contribution in [1.82, 2.24) is 0 Å². The van der Waals surface area contributed by atoms with Gasteiger partial charge in [0.15, 0.2) is 0 Å². The molecule has 5 N–H and O–H groups in total. The molecule has 6 heteroatoms. The van der Waals surface area contributed by atoms with Crippen LogP contribution in [-0.4, -0.2) is 70.3 Å². The van der Waals surface area contributed by atoms with E-state index in [1.165, 1.54) is 19.3 Å². The highest BCUT2D eigenvalue weighted by Crippen LogP contribution is 2.06. The number of aliphatic hydroxyl groups excluding tert-OH is 5. The molecule has 0 aliphatic heterocycles.